The zero-order valence-corrected chi connectivity index (χ0v) is 16.8. The molecule has 1 heterocycles. The van der Waals surface area contributed by atoms with Gasteiger partial charge in [0.25, 0.3) is 5.91 Å². The third kappa shape index (κ3) is 5.93. The van der Waals surface area contributed by atoms with Crippen molar-refractivity contribution in [2.45, 2.75) is 19.4 Å². The third-order valence-electron chi connectivity index (χ3n) is 4.99. The van der Waals surface area contributed by atoms with E-state index >= 15 is 0 Å². The van der Waals surface area contributed by atoms with Crippen LogP contribution in [0.5, 0.6) is 0 Å². The summed E-state index contributed by atoms with van der Waals surface area (Å²) in [4.78, 5) is 27.2. The molecule has 0 aromatic heterocycles. The van der Waals surface area contributed by atoms with Gasteiger partial charge in [-0.3, -0.25) is 9.59 Å². The van der Waals surface area contributed by atoms with Crippen LogP contribution < -0.4 is 16.0 Å². The minimum Gasteiger partial charge on any atom is -0.391 e. The molecule has 1 aliphatic rings. The van der Waals surface area contributed by atoms with Crippen LogP contribution in [-0.2, 0) is 16.1 Å². The van der Waals surface area contributed by atoms with Crippen LogP contribution in [0.2, 0.25) is 0 Å². The Bertz CT molecular complexity index is 850. The summed E-state index contributed by atoms with van der Waals surface area (Å²) >= 11 is 0. The first-order chi connectivity index (χ1) is 14.2. The van der Waals surface area contributed by atoms with Gasteiger partial charge in [-0.05, 0) is 17.7 Å². The lowest BCUT2D eigenvalue weighted by Gasteiger charge is -2.30. The monoisotopic (exact) mass is 392 g/mol. The molecule has 152 valence electrons. The van der Waals surface area contributed by atoms with Crippen LogP contribution in [0, 0.1) is 0 Å². The van der Waals surface area contributed by atoms with Gasteiger partial charge in [-0.15, -0.1) is 0 Å². The van der Waals surface area contributed by atoms with Crippen molar-refractivity contribution in [2.24, 2.45) is 0 Å². The average molecular weight is 393 g/mol. The van der Waals surface area contributed by atoms with Gasteiger partial charge in [0.15, 0.2) is 0 Å². The van der Waals surface area contributed by atoms with E-state index in [1.54, 1.807) is 4.90 Å². The number of benzene rings is 2. The van der Waals surface area contributed by atoms with Gasteiger partial charge in [0.1, 0.15) is 0 Å². The van der Waals surface area contributed by atoms with E-state index in [1.807, 2.05) is 55.6 Å². The minimum atomic E-state index is -0.166. The summed E-state index contributed by atoms with van der Waals surface area (Å²) in [7, 11) is 1.82. The fourth-order valence-corrected chi connectivity index (χ4v) is 3.37. The summed E-state index contributed by atoms with van der Waals surface area (Å²) in [5.41, 5.74) is 3.45. The number of nitrogens with one attached hydrogen (secondary N) is 3. The van der Waals surface area contributed by atoms with Crippen molar-refractivity contribution in [2.75, 3.05) is 32.0 Å². The number of para-hydroxylation sites is 1. The highest BCUT2D eigenvalue weighted by molar-refractivity contribution is 6.05. The van der Waals surface area contributed by atoms with Crippen LogP contribution in [0.25, 0.3) is 0 Å². The molecule has 0 saturated heterocycles. The fraction of sp³-hybridized carbons (Fsp3) is 0.304. The van der Waals surface area contributed by atoms with Crippen LogP contribution >= 0.6 is 0 Å². The van der Waals surface area contributed by atoms with Crippen molar-refractivity contribution >= 4 is 17.5 Å². The minimum absolute atomic E-state index is 0.0609. The second kappa shape index (κ2) is 10.4. The Hall–Kier alpha value is -3.12. The molecule has 0 saturated carbocycles. The normalized spacial score (nSPS) is 13.9. The largest absolute Gasteiger partial charge is 0.391 e. The molecule has 0 unspecified atom stereocenters. The smallest absolute Gasteiger partial charge is 0.255 e. The van der Waals surface area contributed by atoms with Crippen molar-refractivity contribution in [1.82, 2.24) is 15.5 Å². The van der Waals surface area contributed by atoms with E-state index in [9.17, 15) is 9.59 Å². The second-order valence-electron chi connectivity index (χ2n) is 7.00. The third-order valence-corrected chi connectivity index (χ3v) is 4.99. The first-order valence-corrected chi connectivity index (χ1v) is 9.96. The van der Waals surface area contributed by atoms with Gasteiger partial charge in [-0.1, -0.05) is 48.5 Å². The molecule has 0 radical (unpaired) electrons. The number of hydrogen-bond acceptors (Lipinski definition) is 4. The zero-order valence-electron chi connectivity index (χ0n) is 16.8. The first-order valence-electron chi connectivity index (χ1n) is 9.96. The van der Waals surface area contributed by atoms with Crippen molar-refractivity contribution in [1.29, 1.82) is 0 Å². The topological polar surface area (TPSA) is 73.5 Å². The Labute approximate surface area is 172 Å². The van der Waals surface area contributed by atoms with E-state index in [-0.39, 0.29) is 11.8 Å². The highest BCUT2D eigenvalue weighted by Crippen LogP contribution is 2.18. The maximum Gasteiger partial charge on any atom is 0.255 e. The average Bonchev–Trinajstić information content (AvgIpc) is 2.77. The second-order valence-corrected chi connectivity index (χ2v) is 7.00. The highest BCUT2D eigenvalue weighted by atomic mass is 16.2. The van der Waals surface area contributed by atoms with Crippen molar-refractivity contribution in [3.05, 3.63) is 77.5 Å². The molecular weight excluding hydrogens is 364 g/mol. The van der Waals surface area contributed by atoms with E-state index in [2.05, 4.69) is 28.1 Å². The summed E-state index contributed by atoms with van der Waals surface area (Å²) < 4.78 is 0. The Morgan fingerprint density at radius 2 is 1.69 bits per heavy atom. The molecule has 0 fully saturated rings. The number of anilines is 1. The first kappa shape index (κ1) is 20.6. The van der Waals surface area contributed by atoms with Gasteiger partial charge in [0.05, 0.1) is 12.1 Å². The molecule has 6 heteroatoms. The standard InChI is InChI=1S/C23H28N4O2/c1-24-21-13-15-27(17-20(21)23(29)26-19-10-6-3-7-11-19)22(28)12-14-25-16-18-8-4-2-5-9-18/h2-11,24-25H,12-17H2,1H3,(H,26,29). The van der Waals surface area contributed by atoms with Gasteiger partial charge < -0.3 is 20.9 Å². The Kier molecular flexibility index (Phi) is 7.41. The van der Waals surface area contributed by atoms with E-state index in [0.29, 0.717) is 38.0 Å². The van der Waals surface area contributed by atoms with E-state index in [1.165, 1.54) is 5.56 Å². The quantitative estimate of drug-likeness (QED) is 0.604. The maximum absolute atomic E-state index is 12.8. The molecular formula is C23H28N4O2. The van der Waals surface area contributed by atoms with E-state index in [0.717, 1.165) is 17.9 Å². The van der Waals surface area contributed by atoms with Crippen LogP contribution in [0.15, 0.2) is 71.9 Å². The van der Waals surface area contributed by atoms with Crippen LogP contribution in [-0.4, -0.2) is 43.4 Å². The number of carbonyl (C=O) groups is 2. The highest BCUT2D eigenvalue weighted by Gasteiger charge is 2.26. The van der Waals surface area contributed by atoms with Gasteiger partial charge in [-0.25, -0.2) is 0 Å². The summed E-state index contributed by atoms with van der Waals surface area (Å²) in [6.07, 6.45) is 1.06. The molecule has 2 aromatic carbocycles. The predicted molar refractivity (Wildman–Crippen MR) is 115 cm³/mol. The molecule has 0 atom stereocenters. The molecule has 3 N–H and O–H groups in total. The van der Waals surface area contributed by atoms with Crippen molar-refractivity contribution in [3.63, 3.8) is 0 Å². The Balaban J connectivity index is 1.52. The molecule has 0 spiro atoms. The van der Waals surface area contributed by atoms with E-state index in [4.69, 9.17) is 0 Å². The molecule has 0 bridgehead atoms. The van der Waals surface area contributed by atoms with Crippen LogP contribution in [0.3, 0.4) is 0 Å². The maximum atomic E-state index is 12.8. The molecule has 2 amide bonds. The molecule has 6 nitrogen and oxygen atoms in total. The Morgan fingerprint density at radius 3 is 2.38 bits per heavy atom. The number of rotatable bonds is 8. The van der Waals surface area contributed by atoms with E-state index < -0.39 is 0 Å². The van der Waals surface area contributed by atoms with Crippen LogP contribution in [0.1, 0.15) is 18.4 Å². The van der Waals surface area contributed by atoms with Crippen molar-refractivity contribution < 1.29 is 9.59 Å². The fourth-order valence-electron chi connectivity index (χ4n) is 3.37. The summed E-state index contributed by atoms with van der Waals surface area (Å²) in [6, 6.07) is 19.5. The van der Waals surface area contributed by atoms with Crippen LogP contribution in [0.4, 0.5) is 5.69 Å². The molecule has 29 heavy (non-hydrogen) atoms. The lowest BCUT2D eigenvalue weighted by molar-refractivity contribution is -0.131. The summed E-state index contributed by atoms with van der Waals surface area (Å²) in [5, 5.41) is 9.35. The summed E-state index contributed by atoms with van der Waals surface area (Å²) in [6.45, 7) is 2.29. The van der Waals surface area contributed by atoms with Gasteiger partial charge in [-0.2, -0.15) is 0 Å². The number of nitrogens with zero attached hydrogens (tertiary/aromatic N) is 1. The van der Waals surface area contributed by atoms with Gasteiger partial charge in [0, 0.05) is 50.9 Å². The molecule has 1 aliphatic heterocycles. The predicted octanol–water partition coefficient (Wildman–Crippen LogP) is 2.51. The molecule has 2 aromatic rings. The van der Waals surface area contributed by atoms with Gasteiger partial charge in [0.2, 0.25) is 5.91 Å². The SMILES string of the molecule is CNC1=C(C(=O)Nc2ccccc2)CN(C(=O)CCNCc2ccccc2)CC1. The number of hydrogen-bond donors (Lipinski definition) is 3. The lowest BCUT2D eigenvalue weighted by atomic mass is 10.0. The number of amides is 2. The lowest BCUT2D eigenvalue weighted by Crippen LogP contribution is -2.42. The van der Waals surface area contributed by atoms with Crippen molar-refractivity contribution in [3.8, 4) is 0 Å². The number of carbonyl (C=O) groups excluding carboxylic acids is 2. The molecule has 3 rings (SSSR count). The zero-order chi connectivity index (χ0) is 20.5. The molecule has 0 aliphatic carbocycles. The van der Waals surface area contributed by atoms with Gasteiger partial charge >= 0.3 is 0 Å². The Morgan fingerprint density at radius 1 is 1.00 bits per heavy atom. The summed E-state index contributed by atoms with van der Waals surface area (Å²) in [5.74, 6) is -0.106.